The van der Waals surface area contributed by atoms with Gasteiger partial charge in [0.25, 0.3) is 0 Å². The van der Waals surface area contributed by atoms with Crippen molar-refractivity contribution in [2.24, 2.45) is 0 Å². The molecule has 1 aromatic carbocycles. The van der Waals surface area contributed by atoms with Crippen LogP contribution in [0.25, 0.3) is 6.08 Å². The highest BCUT2D eigenvalue weighted by atomic mass is 16.5. The molecule has 0 bridgehead atoms. The number of aromatic nitrogens is 1. The molecule has 1 aromatic heterocycles. The summed E-state index contributed by atoms with van der Waals surface area (Å²) in [6.07, 6.45) is 6.08. The van der Waals surface area contributed by atoms with Crippen molar-refractivity contribution in [3.05, 3.63) is 59.9 Å². The van der Waals surface area contributed by atoms with E-state index in [1.807, 2.05) is 36.5 Å². The molecule has 1 N–H and O–H groups in total. The first kappa shape index (κ1) is 8.36. The van der Waals surface area contributed by atoms with Crippen molar-refractivity contribution in [2.75, 3.05) is 0 Å². The van der Waals surface area contributed by atoms with E-state index in [0.29, 0.717) is 0 Å². The van der Waals surface area contributed by atoms with Crippen LogP contribution >= 0.6 is 0 Å². The Kier molecular flexibility index (Phi) is 1.85. The van der Waals surface area contributed by atoms with E-state index in [0.717, 1.165) is 17.0 Å². The molecule has 0 fully saturated rings. The minimum atomic E-state index is 0.00917. The molecule has 2 nitrogen and oxygen atoms in total. The number of nitrogens with one attached hydrogen (secondary N) is 1. The number of ether oxygens (including phenoxy) is 1. The summed E-state index contributed by atoms with van der Waals surface area (Å²) >= 11 is 0. The molecule has 0 saturated heterocycles. The molecule has 1 aliphatic heterocycles. The molecule has 2 aromatic rings. The van der Waals surface area contributed by atoms with Crippen LogP contribution in [0.15, 0.2) is 48.7 Å². The van der Waals surface area contributed by atoms with Crippen molar-refractivity contribution >= 4 is 6.08 Å². The third-order valence-corrected chi connectivity index (χ3v) is 2.55. The summed E-state index contributed by atoms with van der Waals surface area (Å²) in [4.78, 5) is 3.16. The van der Waals surface area contributed by atoms with Gasteiger partial charge in [0.15, 0.2) is 6.10 Å². The van der Waals surface area contributed by atoms with Gasteiger partial charge in [0, 0.05) is 11.8 Å². The van der Waals surface area contributed by atoms with E-state index in [2.05, 4.69) is 23.2 Å². The fraction of sp³-hybridized carbons (Fsp3) is 0.0769. The standard InChI is InChI=1S/C13H11NO/c1-2-6-12-10(4-1)7-8-13(15-12)11-5-3-9-14-11/h1-9,13-14H. The van der Waals surface area contributed by atoms with Gasteiger partial charge < -0.3 is 9.72 Å². The van der Waals surface area contributed by atoms with Gasteiger partial charge in [-0.3, -0.25) is 0 Å². The van der Waals surface area contributed by atoms with Crippen molar-refractivity contribution in [1.82, 2.24) is 4.98 Å². The quantitative estimate of drug-likeness (QED) is 0.746. The van der Waals surface area contributed by atoms with Gasteiger partial charge >= 0.3 is 0 Å². The third-order valence-electron chi connectivity index (χ3n) is 2.55. The number of hydrogen-bond acceptors (Lipinski definition) is 1. The molecule has 2 heteroatoms. The van der Waals surface area contributed by atoms with Crippen LogP contribution in [0.5, 0.6) is 5.75 Å². The SMILES string of the molecule is C1=CC(c2ccc[nH]2)Oc2ccccc21. The predicted molar refractivity (Wildman–Crippen MR) is 59.6 cm³/mol. The number of fused-ring (bicyclic) bond motifs is 1. The number of H-pyrrole nitrogens is 1. The molecule has 1 aliphatic rings. The lowest BCUT2D eigenvalue weighted by atomic mass is 10.1. The van der Waals surface area contributed by atoms with Gasteiger partial charge in [-0.1, -0.05) is 24.3 Å². The number of aromatic amines is 1. The molecule has 3 rings (SSSR count). The lowest BCUT2D eigenvalue weighted by molar-refractivity contribution is 0.247. The molecule has 0 saturated carbocycles. The van der Waals surface area contributed by atoms with E-state index in [1.165, 1.54) is 0 Å². The summed E-state index contributed by atoms with van der Waals surface area (Å²) in [5, 5.41) is 0. The highest BCUT2D eigenvalue weighted by Crippen LogP contribution is 2.31. The monoisotopic (exact) mass is 197 g/mol. The van der Waals surface area contributed by atoms with Gasteiger partial charge in [0.1, 0.15) is 5.75 Å². The number of benzene rings is 1. The molecule has 0 amide bonds. The first-order valence-corrected chi connectivity index (χ1v) is 5.01. The smallest absolute Gasteiger partial charge is 0.157 e. The lowest BCUT2D eigenvalue weighted by Gasteiger charge is -2.20. The molecule has 1 unspecified atom stereocenters. The van der Waals surface area contributed by atoms with Crippen molar-refractivity contribution in [2.45, 2.75) is 6.10 Å². The summed E-state index contributed by atoms with van der Waals surface area (Å²) in [5.74, 6) is 0.944. The van der Waals surface area contributed by atoms with Crippen LogP contribution in [0, 0.1) is 0 Å². The maximum absolute atomic E-state index is 5.86. The molecular weight excluding hydrogens is 186 g/mol. The summed E-state index contributed by atoms with van der Waals surface area (Å²) in [7, 11) is 0. The minimum absolute atomic E-state index is 0.00917. The molecule has 0 radical (unpaired) electrons. The average molecular weight is 197 g/mol. The Bertz CT molecular complexity index is 485. The molecule has 74 valence electrons. The lowest BCUT2D eigenvalue weighted by Crippen LogP contribution is -2.08. The summed E-state index contributed by atoms with van der Waals surface area (Å²) in [6, 6.07) is 12.1. The van der Waals surface area contributed by atoms with Crippen LogP contribution in [-0.2, 0) is 0 Å². The number of para-hydroxylation sites is 1. The van der Waals surface area contributed by atoms with E-state index in [9.17, 15) is 0 Å². The molecule has 0 spiro atoms. The van der Waals surface area contributed by atoms with Crippen LogP contribution < -0.4 is 4.74 Å². The van der Waals surface area contributed by atoms with Crippen LogP contribution in [0.3, 0.4) is 0 Å². The number of rotatable bonds is 1. The zero-order valence-electron chi connectivity index (χ0n) is 8.18. The maximum Gasteiger partial charge on any atom is 0.157 e. The van der Waals surface area contributed by atoms with Crippen LogP contribution in [0.2, 0.25) is 0 Å². The number of hydrogen-bond donors (Lipinski definition) is 1. The van der Waals surface area contributed by atoms with Crippen molar-refractivity contribution in [1.29, 1.82) is 0 Å². The Hall–Kier alpha value is -1.96. The van der Waals surface area contributed by atoms with E-state index >= 15 is 0 Å². The van der Waals surface area contributed by atoms with Crippen LogP contribution in [0.4, 0.5) is 0 Å². The maximum atomic E-state index is 5.86. The zero-order chi connectivity index (χ0) is 10.1. The van der Waals surface area contributed by atoms with Gasteiger partial charge in [0.2, 0.25) is 0 Å². The Balaban J connectivity index is 1.96. The normalized spacial score (nSPS) is 18.3. The fourth-order valence-electron chi connectivity index (χ4n) is 1.78. The van der Waals surface area contributed by atoms with Crippen LogP contribution in [-0.4, -0.2) is 4.98 Å². The molecule has 2 heterocycles. The summed E-state index contributed by atoms with van der Waals surface area (Å²) < 4.78 is 5.86. The predicted octanol–water partition coefficient (Wildman–Crippen LogP) is 3.16. The third kappa shape index (κ3) is 1.44. The molecular formula is C13H11NO. The zero-order valence-corrected chi connectivity index (χ0v) is 8.18. The topological polar surface area (TPSA) is 25.0 Å². The second-order valence-corrected chi connectivity index (χ2v) is 3.56. The summed E-state index contributed by atoms with van der Waals surface area (Å²) in [6.45, 7) is 0. The molecule has 1 atom stereocenters. The second-order valence-electron chi connectivity index (χ2n) is 3.56. The first-order valence-electron chi connectivity index (χ1n) is 5.01. The first-order chi connectivity index (χ1) is 7.43. The van der Waals surface area contributed by atoms with E-state index < -0.39 is 0 Å². The van der Waals surface area contributed by atoms with Crippen molar-refractivity contribution < 1.29 is 4.74 Å². The molecule has 0 aliphatic carbocycles. The van der Waals surface area contributed by atoms with Gasteiger partial charge in [0.05, 0.1) is 5.69 Å². The van der Waals surface area contributed by atoms with Crippen molar-refractivity contribution in [3.8, 4) is 5.75 Å². The fourth-order valence-corrected chi connectivity index (χ4v) is 1.78. The van der Waals surface area contributed by atoms with Gasteiger partial charge in [-0.15, -0.1) is 0 Å². The second kappa shape index (κ2) is 3.31. The Morgan fingerprint density at radius 3 is 2.87 bits per heavy atom. The van der Waals surface area contributed by atoms with E-state index in [1.54, 1.807) is 0 Å². The molecule has 15 heavy (non-hydrogen) atoms. The average Bonchev–Trinajstić information content (AvgIpc) is 2.82. The minimum Gasteiger partial charge on any atom is -0.479 e. The van der Waals surface area contributed by atoms with Crippen LogP contribution in [0.1, 0.15) is 17.4 Å². The Morgan fingerprint density at radius 2 is 2.00 bits per heavy atom. The van der Waals surface area contributed by atoms with Gasteiger partial charge in [-0.2, -0.15) is 0 Å². The largest absolute Gasteiger partial charge is 0.479 e. The highest BCUT2D eigenvalue weighted by Gasteiger charge is 2.15. The summed E-state index contributed by atoms with van der Waals surface area (Å²) in [5.41, 5.74) is 2.22. The Morgan fingerprint density at radius 1 is 1.07 bits per heavy atom. The Labute approximate surface area is 88.2 Å². The van der Waals surface area contributed by atoms with E-state index in [-0.39, 0.29) is 6.10 Å². The van der Waals surface area contributed by atoms with E-state index in [4.69, 9.17) is 4.74 Å². The van der Waals surface area contributed by atoms with Gasteiger partial charge in [-0.25, -0.2) is 0 Å². The van der Waals surface area contributed by atoms with Crippen molar-refractivity contribution in [3.63, 3.8) is 0 Å². The highest BCUT2D eigenvalue weighted by molar-refractivity contribution is 5.60. The van der Waals surface area contributed by atoms with Gasteiger partial charge in [-0.05, 0) is 24.3 Å².